The van der Waals surface area contributed by atoms with Gasteiger partial charge in [0.05, 0.1) is 10.3 Å². The fourth-order valence-electron chi connectivity index (χ4n) is 2.26. The molecule has 0 bridgehead atoms. The molecule has 0 atom stereocenters. The molecule has 0 amide bonds. The highest BCUT2D eigenvalue weighted by Crippen LogP contribution is 2.21. The first-order valence-electron chi connectivity index (χ1n) is 6.46. The maximum absolute atomic E-state index is 12.4. The fourth-order valence-corrected chi connectivity index (χ4v) is 3.46. The zero-order valence-electron chi connectivity index (χ0n) is 12.2. The number of ketones is 1. The van der Waals surface area contributed by atoms with Crippen LogP contribution >= 0.6 is 27.3 Å². The number of carbonyl (C=O) groups is 1. The molecule has 0 spiro atoms. The average Bonchev–Trinajstić information content (AvgIpc) is 2.88. The van der Waals surface area contributed by atoms with Crippen LogP contribution in [0.4, 0.5) is 0 Å². The van der Waals surface area contributed by atoms with Gasteiger partial charge in [-0.2, -0.15) is 0 Å². The second-order valence-corrected chi connectivity index (χ2v) is 7.49. The summed E-state index contributed by atoms with van der Waals surface area (Å²) >= 11 is 5.13. The van der Waals surface area contributed by atoms with Gasteiger partial charge in [0.1, 0.15) is 0 Å². The molecular weight excluding hydrogens is 336 g/mol. The zero-order chi connectivity index (χ0) is 14.9. The Morgan fingerprint density at radius 1 is 1.40 bits per heavy atom. The molecule has 0 radical (unpaired) electrons. The third-order valence-corrected chi connectivity index (χ3v) is 5.12. The highest BCUT2D eigenvalue weighted by atomic mass is 79.9. The molecule has 5 heteroatoms. The van der Waals surface area contributed by atoms with Crippen molar-refractivity contribution in [2.45, 2.75) is 20.4 Å². The molecule has 0 aliphatic heterocycles. The van der Waals surface area contributed by atoms with Crippen molar-refractivity contribution in [2.75, 3.05) is 13.6 Å². The summed E-state index contributed by atoms with van der Waals surface area (Å²) < 4.78 is 3.19. The number of halogens is 1. The van der Waals surface area contributed by atoms with E-state index in [0.717, 1.165) is 27.3 Å². The molecule has 0 unspecified atom stereocenters. The highest BCUT2D eigenvalue weighted by Gasteiger charge is 2.16. The van der Waals surface area contributed by atoms with E-state index in [-0.39, 0.29) is 5.78 Å². The molecule has 0 aliphatic carbocycles. The summed E-state index contributed by atoms with van der Waals surface area (Å²) in [4.78, 5) is 14.4. The quantitative estimate of drug-likeness (QED) is 0.763. The van der Waals surface area contributed by atoms with Crippen LogP contribution in [0.2, 0.25) is 0 Å². The molecule has 0 N–H and O–H groups in total. The van der Waals surface area contributed by atoms with Crippen LogP contribution in [0.1, 0.15) is 27.3 Å². The number of hydrogen-bond acceptors (Lipinski definition) is 3. The van der Waals surface area contributed by atoms with Crippen molar-refractivity contribution in [3.8, 4) is 0 Å². The Balaban J connectivity index is 2.02. The molecule has 2 aromatic rings. The number of nitrogens with zero attached hydrogens (tertiary/aromatic N) is 2. The summed E-state index contributed by atoms with van der Waals surface area (Å²) in [5, 5.41) is 2.11. The van der Waals surface area contributed by atoms with E-state index >= 15 is 0 Å². The minimum Gasteiger partial charge on any atom is -0.351 e. The summed E-state index contributed by atoms with van der Waals surface area (Å²) in [5.41, 5.74) is 4.23. The van der Waals surface area contributed by atoms with Crippen molar-refractivity contribution in [1.82, 2.24) is 9.47 Å². The number of aromatic nitrogens is 1. The molecule has 0 fully saturated rings. The van der Waals surface area contributed by atoms with Gasteiger partial charge in [0, 0.05) is 30.5 Å². The molecule has 2 aromatic heterocycles. The lowest BCUT2D eigenvalue weighted by Gasteiger charge is -2.14. The number of aryl methyl sites for hydroxylation is 1. The second-order valence-electron chi connectivity index (χ2n) is 5.20. The summed E-state index contributed by atoms with van der Waals surface area (Å²) in [6, 6.07) is 4.08. The van der Waals surface area contributed by atoms with Gasteiger partial charge in [0.25, 0.3) is 0 Å². The Hall–Kier alpha value is -0.910. The predicted octanol–water partition coefficient (Wildman–Crippen LogP) is 3.78. The maximum Gasteiger partial charge on any atom is 0.178 e. The van der Waals surface area contributed by atoms with Crippen LogP contribution in [-0.2, 0) is 13.6 Å². The predicted molar refractivity (Wildman–Crippen MR) is 87.6 cm³/mol. The van der Waals surface area contributed by atoms with E-state index in [1.165, 1.54) is 5.56 Å². The first-order chi connectivity index (χ1) is 9.38. The van der Waals surface area contributed by atoms with Gasteiger partial charge in [-0.1, -0.05) is 0 Å². The van der Waals surface area contributed by atoms with Crippen molar-refractivity contribution in [2.24, 2.45) is 7.05 Å². The van der Waals surface area contributed by atoms with Gasteiger partial charge in [-0.05, 0) is 59.9 Å². The Morgan fingerprint density at radius 2 is 2.10 bits per heavy atom. The molecule has 0 aliphatic rings. The largest absolute Gasteiger partial charge is 0.351 e. The van der Waals surface area contributed by atoms with E-state index < -0.39 is 0 Å². The third-order valence-electron chi connectivity index (χ3n) is 3.56. The second kappa shape index (κ2) is 6.24. The van der Waals surface area contributed by atoms with Crippen LogP contribution in [0, 0.1) is 13.8 Å². The summed E-state index contributed by atoms with van der Waals surface area (Å²) in [6.07, 6.45) is 0. The smallest absolute Gasteiger partial charge is 0.178 e. The summed E-state index contributed by atoms with van der Waals surface area (Å²) in [6.45, 7) is 5.25. The molecule has 3 nitrogen and oxygen atoms in total. The Kier molecular flexibility index (Phi) is 4.83. The molecule has 0 aromatic carbocycles. The number of likely N-dealkylation sites (N-methyl/N-ethyl adjacent to an activating group) is 1. The van der Waals surface area contributed by atoms with Gasteiger partial charge < -0.3 is 4.57 Å². The van der Waals surface area contributed by atoms with Crippen molar-refractivity contribution in [3.05, 3.63) is 43.8 Å². The first kappa shape index (κ1) is 15.5. The van der Waals surface area contributed by atoms with E-state index in [9.17, 15) is 4.79 Å². The van der Waals surface area contributed by atoms with Gasteiger partial charge >= 0.3 is 0 Å². The lowest BCUT2D eigenvalue weighted by Crippen LogP contribution is -2.25. The van der Waals surface area contributed by atoms with Gasteiger partial charge in [-0.15, -0.1) is 11.3 Å². The van der Waals surface area contributed by atoms with E-state index in [1.807, 2.05) is 34.0 Å². The Bertz CT molecular complexity index is 630. The Labute approximate surface area is 132 Å². The molecule has 2 rings (SSSR count). The fraction of sp³-hybridized carbons (Fsp3) is 0.400. The van der Waals surface area contributed by atoms with Gasteiger partial charge in [0.15, 0.2) is 5.78 Å². The lowest BCUT2D eigenvalue weighted by atomic mass is 10.1. The van der Waals surface area contributed by atoms with Crippen LogP contribution in [0.15, 0.2) is 21.3 Å². The monoisotopic (exact) mass is 354 g/mol. The first-order valence-corrected chi connectivity index (χ1v) is 8.13. The van der Waals surface area contributed by atoms with E-state index in [4.69, 9.17) is 0 Å². The third kappa shape index (κ3) is 3.40. The normalized spacial score (nSPS) is 11.3. The molecule has 108 valence electrons. The number of hydrogen-bond donors (Lipinski definition) is 0. The number of thiophene rings is 1. The van der Waals surface area contributed by atoms with E-state index in [2.05, 4.69) is 36.8 Å². The molecular formula is C15H19BrN2OS. The van der Waals surface area contributed by atoms with Crippen molar-refractivity contribution >= 4 is 33.0 Å². The number of Topliss-reactive ketones (excluding diaryl/α,β-unsaturated/α-hetero) is 1. The van der Waals surface area contributed by atoms with E-state index in [1.54, 1.807) is 11.3 Å². The Morgan fingerprint density at radius 3 is 2.60 bits per heavy atom. The minimum atomic E-state index is 0.183. The molecule has 20 heavy (non-hydrogen) atoms. The van der Waals surface area contributed by atoms with Crippen LogP contribution in [0.3, 0.4) is 0 Å². The molecule has 0 saturated heterocycles. The van der Waals surface area contributed by atoms with Crippen LogP contribution in [0.5, 0.6) is 0 Å². The van der Waals surface area contributed by atoms with Crippen LogP contribution < -0.4 is 0 Å². The summed E-state index contributed by atoms with van der Waals surface area (Å²) in [5.74, 6) is 0.183. The topological polar surface area (TPSA) is 25.2 Å². The number of carbonyl (C=O) groups excluding carboxylic acids is 1. The standard InChI is InChI=1S/C15H19BrN2OS/c1-10-5-13(11(2)18(10)4)14(19)8-17(3)7-12-6-15(16)20-9-12/h5-6,9H,7-8H2,1-4H3. The average molecular weight is 355 g/mol. The minimum absolute atomic E-state index is 0.183. The van der Waals surface area contributed by atoms with Crippen molar-refractivity contribution < 1.29 is 4.79 Å². The van der Waals surface area contributed by atoms with Crippen LogP contribution in [-0.4, -0.2) is 28.8 Å². The van der Waals surface area contributed by atoms with Gasteiger partial charge in [0.2, 0.25) is 0 Å². The summed E-state index contributed by atoms with van der Waals surface area (Å²) in [7, 11) is 3.97. The molecule has 0 saturated carbocycles. The molecule has 2 heterocycles. The van der Waals surface area contributed by atoms with Crippen molar-refractivity contribution in [1.29, 1.82) is 0 Å². The lowest BCUT2D eigenvalue weighted by molar-refractivity contribution is 0.0942. The highest BCUT2D eigenvalue weighted by molar-refractivity contribution is 9.11. The van der Waals surface area contributed by atoms with E-state index in [0.29, 0.717) is 6.54 Å². The SMILES string of the molecule is Cc1cc(C(=O)CN(C)Cc2csc(Br)c2)c(C)n1C. The van der Waals surface area contributed by atoms with Gasteiger partial charge in [-0.25, -0.2) is 0 Å². The van der Waals surface area contributed by atoms with Crippen molar-refractivity contribution in [3.63, 3.8) is 0 Å². The maximum atomic E-state index is 12.4. The van der Waals surface area contributed by atoms with Crippen LogP contribution in [0.25, 0.3) is 0 Å². The van der Waals surface area contributed by atoms with Gasteiger partial charge in [-0.3, -0.25) is 9.69 Å². The zero-order valence-corrected chi connectivity index (χ0v) is 14.6. The number of rotatable bonds is 5.